The van der Waals surface area contributed by atoms with Crippen LogP contribution >= 0.6 is 0 Å². The van der Waals surface area contributed by atoms with Crippen LogP contribution < -0.4 is 10.0 Å². The number of aliphatic carboxylic acids is 1. The first-order chi connectivity index (χ1) is 13.6. The minimum atomic E-state index is -3.74. The normalized spacial score (nSPS) is 23.8. The molecule has 3 N–H and O–H groups in total. The summed E-state index contributed by atoms with van der Waals surface area (Å²) in [5.41, 5.74) is 0. The predicted octanol–water partition coefficient (Wildman–Crippen LogP) is -2.02. The third-order valence-electron chi connectivity index (χ3n) is 4.75. The number of carbonyl (C=O) groups excluding carboxylic acids is 4. The number of amides is 3. The summed E-state index contributed by atoms with van der Waals surface area (Å²) < 4.78 is 26.1. The van der Waals surface area contributed by atoms with Crippen molar-refractivity contribution in [3.05, 3.63) is 0 Å². The highest BCUT2D eigenvalue weighted by molar-refractivity contribution is 7.89. The molecule has 2 fully saturated rings. The number of carboxylic acid groups (broad SMARTS) is 1. The fourth-order valence-corrected chi connectivity index (χ4v) is 4.10. The fourth-order valence-electron chi connectivity index (χ4n) is 3.28. The van der Waals surface area contributed by atoms with E-state index in [0.29, 0.717) is 6.42 Å². The first-order valence-corrected chi connectivity index (χ1v) is 10.9. The molecule has 0 saturated carbocycles. The van der Waals surface area contributed by atoms with Gasteiger partial charge in [0.15, 0.2) is 0 Å². The Bertz CT molecular complexity index is 799. The summed E-state index contributed by atoms with van der Waals surface area (Å²) in [5, 5.41) is 13.2. The van der Waals surface area contributed by atoms with E-state index in [4.69, 9.17) is 5.11 Å². The number of carbonyl (C=O) groups is 5. The van der Waals surface area contributed by atoms with Crippen LogP contribution in [0.3, 0.4) is 0 Å². The van der Waals surface area contributed by atoms with Crippen molar-refractivity contribution in [1.29, 1.82) is 0 Å². The summed E-state index contributed by atoms with van der Waals surface area (Å²) in [6.07, 6.45) is 0.103. The first-order valence-electron chi connectivity index (χ1n) is 9.20. The molecular weight excluding hydrogens is 408 g/mol. The van der Waals surface area contributed by atoms with Crippen LogP contribution in [0.15, 0.2) is 0 Å². The molecule has 3 atom stereocenters. The van der Waals surface area contributed by atoms with Crippen molar-refractivity contribution in [2.24, 2.45) is 0 Å². The third-order valence-corrected chi connectivity index (χ3v) is 6.16. The molecular formula is C16H24N4O8S. The van der Waals surface area contributed by atoms with Gasteiger partial charge >= 0.3 is 5.97 Å². The smallest absolute Gasteiger partial charge is 0.305 e. The van der Waals surface area contributed by atoms with Gasteiger partial charge in [-0.2, -0.15) is 0 Å². The molecule has 29 heavy (non-hydrogen) atoms. The standard InChI is InChI=1S/C16H24N4O8S/c1-2-29(27,28)18-11-5-6-13(22)19-7-3-4-12(20(19)16(11)26)15(25)17-10(9-21)8-14(23)24/h9-12,18H,2-8H2,1H3,(H,17,25)(H,23,24). The predicted molar refractivity (Wildman–Crippen MR) is 97.4 cm³/mol. The van der Waals surface area contributed by atoms with Gasteiger partial charge in [-0.05, 0) is 26.2 Å². The maximum atomic E-state index is 13.0. The average molecular weight is 432 g/mol. The Balaban J connectivity index is 2.28. The SMILES string of the molecule is CCS(=O)(=O)NC1CCC(=O)N2CCCC(C(=O)NC(C=O)CC(=O)O)N2C1=O. The molecule has 3 amide bonds. The van der Waals surface area contributed by atoms with E-state index < -0.39 is 58.3 Å². The second kappa shape index (κ2) is 9.31. The number of hydrogen-bond donors (Lipinski definition) is 3. The van der Waals surface area contributed by atoms with Gasteiger partial charge in [0.25, 0.3) is 5.91 Å². The highest BCUT2D eigenvalue weighted by atomic mass is 32.2. The summed E-state index contributed by atoms with van der Waals surface area (Å²) in [6.45, 7) is 1.59. The molecule has 0 radical (unpaired) electrons. The quantitative estimate of drug-likeness (QED) is 0.369. The van der Waals surface area contributed by atoms with Crippen molar-refractivity contribution in [2.45, 2.75) is 57.2 Å². The van der Waals surface area contributed by atoms with E-state index in [1.807, 2.05) is 0 Å². The van der Waals surface area contributed by atoms with Crippen LogP contribution in [0.5, 0.6) is 0 Å². The zero-order valence-electron chi connectivity index (χ0n) is 15.9. The Morgan fingerprint density at radius 2 is 2.00 bits per heavy atom. The first kappa shape index (κ1) is 22.7. The molecule has 0 aliphatic carbocycles. The summed E-state index contributed by atoms with van der Waals surface area (Å²) in [5.74, 6) is -3.50. The van der Waals surface area contributed by atoms with Crippen molar-refractivity contribution in [3.63, 3.8) is 0 Å². The Kier molecular flexibility index (Phi) is 7.30. The second-order valence-corrected chi connectivity index (χ2v) is 8.86. The maximum absolute atomic E-state index is 13.0. The molecule has 2 heterocycles. The average Bonchev–Trinajstić information content (AvgIpc) is 2.79. The van der Waals surface area contributed by atoms with Crippen molar-refractivity contribution in [2.75, 3.05) is 12.3 Å². The van der Waals surface area contributed by atoms with Gasteiger partial charge in [-0.1, -0.05) is 0 Å². The van der Waals surface area contributed by atoms with Gasteiger partial charge in [-0.25, -0.2) is 18.1 Å². The third kappa shape index (κ3) is 5.50. The van der Waals surface area contributed by atoms with Crippen molar-refractivity contribution in [1.82, 2.24) is 20.1 Å². The molecule has 3 unspecified atom stereocenters. The summed E-state index contributed by atoms with van der Waals surface area (Å²) in [7, 11) is -3.74. The van der Waals surface area contributed by atoms with E-state index in [9.17, 15) is 32.4 Å². The van der Waals surface area contributed by atoms with Crippen molar-refractivity contribution < 1.29 is 37.5 Å². The summed E-state index contributed by atoms with van der Waals surface area (Å²) in [6, 6.07) is -3.66. The van der Waals surface area contributed by atoms with Gasteiger partial charge < -0.3 is 15.2 Å². The highest BCUT2D eigenvalue weighted by Gasteiger charge is 2.45. The van der Waals surface area contributed by atoms with E-state index >= 15 is 0 Å². The zero-order valence-corrected chi connectivity index (χ0v) is 16.7. The second-order valence-electron chi connectivity index (χ2n) is 6.82. The van der Waals surface area contributed by atoms with Crippen LogP contribution in [0.25, 0.3) is 0 Å². The minimum absolute atomic E-state index is 0.0474. The molecule has 0 bridgehead atoms. The summed E-state index contributed by atoms with van der Waals surface area (Å²) >= 11 is 0. The number of fused-ring (bicyclic) bond motifs is 1. The Morgan fingerprint density at radius 3 is 2.59 bits per heavy atom. The lowest BCUT2D eigenvalue weighted by atomic mass is 10.1. The topological polar surface area (TPSA) is 170 Å². The molecule has 0 spiro atoms. The van der Waals surface area contributed by atoms with Gasteiger partial charge in [0.1, 0.15) is 18.4 Å². The van der Waals surface area contributed by atoms with Gasteiger partial charge in [0.05, 0.1) is 18.2 Å². The fraction of sp³-hybridized carbons (Fsp3) is 0.688. The van der Waals surface area contributed by atoms with E-state index in [2.05, 4.69) is 10.0 Å². The van der Waals surface area contributed by atoms with Gasteiger partial charge in [0, 0.05) is 13.0 Å². The van der Waals surface area contributed by atoms with Gasteiger partial charge in [0.2, 0.25) is 21.8 Å². The lowest BCUT2D eigenvalue weighted by Gasteiger charge is -2.43. The number of carboxylic acids is 1. The molecule has 2 rings (SSSR count). The summed E-state index contributed by atoms with van der Waals surface area (Å²) in [4.78, 5) is 60.0. The highest BCUT2D eigenvalue weighted by Crippen LogP contribution is 2.25. The van der Waals surface area contributed by atoms with E-state index in [1.54, 1.807) is 0 Å². The van der Waals surface area contributed by atoms with E-state index in [1.165, 1.54) is 6.92 Å². The van der Waals surface area contributed by atoms with Gasteiger partial charge in [-0.15, -0.1) is 0 Å². The molecule has 0 aromatic heterocycles. The van der Waals surface area contributed by atoms with Crippen LogP contribution in [0.2, 0.25) is 0 Å². The lowest BCUT2D eigenvalue weighted by molar-refractivity contribution is -0.176. The number of rotatable bonds is 8. The molecule has 2 saturated heterocycles. The number of nitrogens with one attached hydrogen (secondary N) is 2. The van der Waals surface area contributed by atoms with Gasteiger partial charge in [-0.3, -0.25) is 24.2 Å². The van der Waals surface area contributed by atoms with Crippen molar-refractivity contribution in [3.8, 4) is 0 Å². The molecule has 162 valence electrons. The zero-order chi connectivity index (χ0) is 21.8. The Morgan fingerprint density at radius 1 is 1.31 bits per heavy atom. The monoisotopic (exact) mass is 432 g/mol. The van der Waals surface area contributed by atoms with Crippen LogP contribution in [-0.4, -0.2) is 83.9 Å². The molecule has 0 aromatic carbocycles. The molecule has 13 heteroatoms. The largest absolute Gasteiger partial charge is 0.481 e. The molecule has 2 aliphatic rings. The molecule has 2 aliphatic heterocycles. The molecule has 0 aromatic rings. The number of sulfonamides is 1. The van der Waals surface area contributed by atoms with E-state index in [0.717, 1.165) is 10.0 Å². The number of nitrogens with zero attached hydrogens (tertiary/aromatic N) is 2. The van der Waals surface area contributed by atoms with Crippen molar-refractivity contribution >= 4 is 40.0 Å². The number of hydrazine groups is 1. The Labute approximate surface area is 167 Å². The minimum Gasteiger partial charge on any atom is -0.481 e. The maximum Gasteiger partial charge on any atom is 0.305 e. The number of hydrogen-bond acceptors (Lipinski definition) is 7. The van der Waals surface area contributed by atoms with Crippen LogP contribution in [0.1, 0.15) is 39.0 Å². The van der Waals surface area contributed by atoms with Crippen LogP contribution in [0, 0.1) is 0 Å². The number of aldehydes is 1. The lowest BCUT2D eigenvalue weighted by Crippen LogP contribution is -2.64. The van der Waals surface area contributed by atoms with Crippen LogP contribution in [-0.2, 0) is 34.0 Å². The van der Waals surface area contributed by atoms with E-state index in [-0.39, 0.29) is 37.8 Å². The van der Waals surface area contributed by atoms with Crippen LogP contribution in [0.4, 0.5) is 0 Å². The Hall–Kier alpha value is -2.54. The molecule has 12 nitrogen and oxygen atoms in total.